The lowest BCUT2D eigenvalue weighted by Gasteiger charge is -2.34. The van der Waals surface area contributed by atoms with Crippen molar-refractivity contribution in [1.29, 1.82) is 0 Å². The molecule has 4 heterocycles. The highest BCUT2D eigenvalue weighted by Crippen LogP contribution is 2.32. The minimum Gasteiger partial charge on any atom is -0.369 e. The van der Waals surface area contributed by atoms with E-state index in [-0.39, 0.29) is 12.0 Å². The van der Waals surface area contributed by atoms with Crippen LogP contribution >= 0.6 is 0 Å². The standard InChI is InChI=1S/C31H35N7O2/c1-3-26(39)19-22-8-6-9-23(18-22)29-27-21-32-38(28-12-4-5-17-40-28)30(27)35-31(34-29)33-24-10-7-11-25(20-24)37-15-13-36(2)14-16-37/h3,6-11,18,20-21,28H,1,4-5,12-17,19H2,2H3,(H,33,34,35). The quantitative estimate of drug-likeness (QED) is 0.315. The van der Waals surface area contributed by atoms with E-state index in [4.69, 9.17) is 19.8 Å². The molecule has 0 aliphatic carbocycles. The summed E-state index contributed by atoms with van der Waals surface area (Å²) in [6.45, 7) is 8.42. The lowest BCUT2D eigenvalue weighted by Crippen LogP contribution is -2.44. The van der Waals surface area contributed by atoms with Crippen LogP contribution in [0.4, 0.5) is 17.3 Å². The number of benzene rings is 2. The number of likely N-dealkylation sites (N-methyl/N-ethyl adjacent to an activating group) is 1. The molecule has 2 aromatic heterocycles. The number of fused-ring (bicyclic) bond motifs is 1. The van der Waals surface area contributed by atoms with Crippen molar-refractivity contribution in [2.24, 2.45) is 0 Å². The van der Waals surface area contributed by atoms with E-state index in [9.17, 15) is 4.79 Å². The average molecular weight is 538 g/mol. The molecular formula is C31H35N7O2. The van der Waals surface area contributed by atoms with Crippen molar-refractivity contribution in [3.8, 4) is 11.3 Å². The summed E-state index contributed by atoms with van der Waals surface area (Å²) in [5.41, 5.74) is 5.40. The molecule has 9 nitrogen and oxygen atoms in total. The topological polar surface area (TPSA) is 88.4 Å². The van der Waals surface area contributed by atoms with Gasteiger partial charge in [-0.05, 0) is 62.2 Å². The van der Waals surface area contributed by atoms with E-state index < -0.39 is 0 Å². The molecule has 0 radical (unpaired) electrons. The Bertz CT molecular complexity index is 1520. The molecule has 1 unspecified atom stereocenters. The molecule has 9 heteroatoms. The largest absolute Gasteiger partial charge is 0.369 e. The molecule has 0 amide bonds. The number of allylic oxidation sites excluding steroid dienone is 1. The normalized spacial score (nSPS) is 18.1. The van der Waals surface area contributed by atoms with Crippen molar-refractivity contribution < 1.29 is 9.53 Å². The molecular weight excluding hydrogens is 502 g/mol. The molecule has 0 spiro atoms. The second kappa shape index (κ2) is 11.6. The Morgan fingerprint density at radius 3 is 2.75 bits per heavy atom. The van der Waals surface area contributed by atoms with Crippen LogP contribution in [0, 0.1) is 0 Å². The second-order valence-corrected chi connectivity index (χ2v) is 10.6. The molecule has 2 aromatic carbocycles. The SMILES string of the molecule is C=CC(=O)Cc1cccc(-c2nc(Nc3cccc(N4CCN(C)CC4)c3)nc3c2cnn3C2CCCCO2)c1. The van der Waals surface area contributed by atoms with Crippen molar-refractivity contribution in [2.45, 2.75) is 31.9 Å². The fraction of sp³-hybridized carbons (Fsp3) is 0.355. The number of piperazine rings is 1. The average Bonchev–Trinajstić information content (AvgIpc) is 3.42. The van der Waals surface area contributed by atoms with Crippen LogP contribution < -0.4 is 10.2 Å². The molecule has 40 heavy (non-hydrogen) atoms. The van der Waals surface area contributed by atoms with E-state index in [2.05, 4.69) is 46.9 Å². The van der Waals surface area contributed by atoms with Crippen molar-refractivity contribution in [3.05, 3.63) is 72.9 Å². The summed E-state index contributed by atoms with van der Waals surface area (Å²) in [6.07, 6.45) is 6.37. The summed E-state index contributed by atoms with van der Waals surface area (Å²) >= 11 is 0. The van der Waals surface area contributed by atoms with Gasteiger partial charge in [0.25, 0.3) is 0 Å². The second-order valence-electron chi connectivity index (χ2n) is 10.6. The summed E-state index contributed by atoms with van der Waals surface area (Å²) in [7, 11) is 2.16. The van der Waals surface area contributed by atoms with Gasteiger partial charge >= 0.3 is 0 Å². The highest BCUT2D eigenvalue weighted by Gasteiger charge is 2.23. The molecule has 4 aromatic rings. The van der Waals surface area contributed by atoms with Gasteiger partial charge in [0.1, 0.15) is 0 Å². The van der Waals surface area contributed by atoms with Gasteiger partial charge in [-0.3, -0.25) is 4.79 Å². The zero-order valence-corrected chi connectivity index (χ0v) is 22.9. The Morgan fingerprint density at radius 1 is 1.10 bits per heavy atom. The number of ether oxygens (including phenoxy) is 1. The van der Waals surface area contributed by atoms with Gasteiger partial charge in [-0.15, -0.1) is 0 Å². The molecule has 0 bridgehead atoms. The van der Waals surface area contributed by atoms with Gasteiger partial charge in [-0.2, -0.15) is 10.1 Å². The predicted molar refractivity (Wildman–Crippen MR) is 158 cm³/mol. The predicted octanol–water partition coefficient (Wildman–Crippen LogP) is 4.99. The molecule has 2 aliphatic heterocycles. The van der Waals surface area contributed by atoms with Crippen LogP contribution in [0.15, 0.2) is 67.4 Å². The van der Waals surface area contributed by atoms with Crippen molar-refractivity contribution in [3.63, 3.8) is 0 Å². The first kappa shape index (κ1) is 26.2. The zero-order valence-electron chi connectivity index (χ0n) is 22.9. The fourth-order valence-electron chi connectivity index (χ4n) is 5.41. The number of nitrogens with zero attached hydrogens (tertiary/aromatic N) is 6. The Kier molecular flexibility index (Phi) is 7.57. The minimum atomic E-state index is -0.154. The van der Waals surface area contributed by atoms with Gasteiger partial charge in [0.2, 0.25) is 5.95 Å². The number of hydrogen-bond donors (Lipinski definition) is 1. The van der Waals surface area contributed by atoms with E-state index in [0.29, 0.717) is 19.0 Å². The monoisotopic (exact) mass is 537 g/mol. The Labute approximate surface area is 234 Å². The molecule has 6 rings (SSSR count). The van der Waals surface area contributed by atoms with Gasteiger partial charge in [-0.1, -0.05) is 30.8 Å². The lowest BCUT2D eigenvalue weighted by atomic mass is 10.0. The van der Waals surface area contributed by atoms with Gasteiger partial charge < -0.3 is 19.9 Å². The maximum absolute atomic E-state index is 12.0. The van der Waals surface area contributed by atoms with Crippen LogP contribution in [0.3, 0.4) is 0 Å². The lowest BCUT2D eigenvalue weighted by molar-refractivity contribution is -0.114. The first-order valence-electron chi connectivity index (χ1n) is 14.0. The molecule has 2 aliphatic rings. The van der Waals surface area contributed by atoms with Crippen LogP contribution in [0.5, 0.6) is 0 Å². The number of ketones is 1. The van der Waals surface area contributed by atoms with E-state index in [1.165, 1.54) is 11.8 Å². The number of aromatic nitrogens is 4. The zero-order chi connectivity index (χ0) is 27.5. The maximum atomic E-state index is 12.0. The van der Waals surface area contributed by atoms with Crippen LogP contribution in [-0.2, 0) is 16.0 Å². The molecule has 1 N–H and O–H groups in total. The van der Waals surface area contributed by atoms with Crippen LogP contribution in [0.25, 0.3) is 22.3 Å². The summed E-state index contributed by atoms with van der Waals surface area (Å²) < 4.78 is 7.95. The third-order valence-electron chi connectivity index (χ3n) is 7.66. The number of carbonyl (C=O) groups is 1. The highest BCUT2D eigenvalue weighted by molar-refractivity contribution is 5.93. The third-order valence-corrected chi connectivity index (χ3v) is 7.66. The first-order chi connectivity index (χ1) is 19.6. The van der Waals surface area contributed by atoms with E-state index >= 15 is 0 Å². The smallest absolute Gasteiger partial charge is 0.229 e. The Hall–Kier alpha value is -4.08. The van der Waals surface area contributed by atoms with Crippen LogP contribution in [0.1, 0.15) is 31.1 Å². The Balaban J connectivity index is 1.39. The molecule has 2 fully saturated rings. The van der Waals surface area contributed by atoms with Crippen LogP contribution in [0.2, 0.25) is 0 Å². The summed E-state index contributed by atoms with van der Waals surface area (Å²) in [4.78, 5) is 26.7. The number of anilines is 3. The summed E-state index contributed by atoms with van der Waals surface area (Å²) in [6, 6.07) is 16.3. The van der Waals surface area contributed by atoms with E-state index in [1.54, 1.807) is 0 Å². The number of rotatable bonds is 8. The molecule has 2 saturated heterocycles. The summed E-state index contributed by atoms with van der Waals surface area (Å²) in [5, 5.41) is 9.01. The number of carbonyl (C=O) groups excluding carboxylic acids is 1. The van der Waals surface area contributed by atoms with Gasteiger partial charge in [0, 0.05) is 56.1 Å². The van der Waals surface area contributed by atoms with Crippen molar-refractivity contribution in [1.82, 2.24) is 24.6 Å². The van der Waals surface area contributed by atoms with Crippen molar-refractivity contribution in [2.75, 3.05) is 50.1 Å². The Morgan fingerprint density at radius 2 is 1.95 bits per heavy atom. The molecule has 0 saturated carbocycles. The highest BCUT2D eigenvalue weighted by atomic mass is 16.5. The maximum Gasteiger partial charge on any atom is 0.229 e. The third kappa shape index (κ3) is 5.61. The molecule has 1 atom stereocenters. The van der Waals surface area contributed by atoms with Crippen LogP contribution in [-0.4, -0.2) is 70.3 Å². The van der Waals surface area contributed by atoms with Gasteiger partial charge in [-0.25, -0.2) is 9.67 Å². The fourth-order valence-corrected chi connectivity index (χ4v) is 5.41. The molecule has 206 valence electrons. The van der Waals surface area contributed by atoms with Gasteiger partial charge in [0.05, 0.1) is 17.3 Å². The van der Waals surface area contributed by atoms with Gasteiger partial charge in [0.15, 0.2) is 17.7 Å². The summed E-state index contributed by atoms with van der Waals surface area (Å²) in [5.74, 6) is 0.470. The van der Waals surface area contributed by atoms with Crippen molar-refractivity contribution >= 4 is 34.1 Å². The minimum absolute atomic E-state index is 0.0187. The van der Waals surface area contributed by atoms with E-state index in [1.807, 2.05) is 41.2 Å². The number of hydrogen-bond acceptors (Lipinski definition) is 8. The number of nitrogens with one attached hydrogen (secondary N) is 1. The van der Waals surface area contributed by atoms with E-state index in [0.717, 1.165) is 79.0 Å². The first-order valence-corrected chi connectivity index (χ1v) is 14.0.